The van der Waals surface area contributed by atoms with Crippen molar-refractivity contribution < 1.29 is 9.15 Å². The number of aromatic nitrogens is 2. The van der Waals surface area contributed by atoms with E-state index in [1.807, 2.05) is 24.3 Å². The van der Waals surface area contributed by atoms with Gasteiger partial charge in [-0.1, -0.05) is 24.3 Å². The Morgan fingerprint density at radius 2 is 1.57 bits per heavy atom. The van der Waals surface area contributed by atoms with Crippen LogP contribution in [0.2, 0.25) is 0 Å². The van der Waals surface area contributed by atoms with Crippen LogP contribution in [0.15, 0.2) is 52.9 Å². The Morgan fingerprint density at radius 1 is 0.893 bits per heavy atom. The minimum atomic E-state index is 0.552. The fraction of sp³-hybridized carbons (Fsp3) is 0.364. The van der Waals surface area contributed by atoms with E-state index in [1.54, 1.807) is 7.11 Å². The van der Waals surface area contributed by atoms with Crippen LogP contribution in [-0.2, 0) is 13.1 Å². The van der Waals surface area contributed by atoms with Gasteiger partial charge in [-0.05, 0) is 42.3 Å². The summed E-state index contributed by atoms with van der Waals surface area (Å²) in [6.07, 6.45) is 0. The first-order chi connectivity index (χ1) is 13.7. The van der Waals surface area contributed by atoms with E-state index in [-0.39, 0.29) is 0 Å². The van der Waals surface area contributed by atoms with Crippen LogP contribution in [0.5, 0.6) is 5.75 Å². The molecule has 0 spiro atoms. The summed E-state index contributed by atoms with van der Waals surface area (Å²) in [6, 6.07) is 16.3. The average Bonchev–Trinajstić information content (AvgIpc) is 3.20. The molecule has 4 rings (SSSR count). The van der Waals surface area contributed by atoms with Gasteiger partial charge in [0.25, 0.3) is 0 Å². The molecule has 0 N–H and O–H groups in total. The zero-order valence-corrected chi connectivity index (χ0v) is 16.5. The topological polar surface area (TPSA) is 54.6 Å². The molecule has 0 saturated carbocycles. The van der Waals surface area contributed by atoms with Crippen LogP contribution in [0.4, 0.5) is 0 Å². The van der Waals surface area contributed by atoms with Crippen LogP contribution < -0.4 is 4.74 Å². The van der Waals surface area contributed by atoms with Crippen LogP contribution in [0.1, 0.15) is 17.0 Å². The van der Waals surface area contributed by atoms with Crippen molar-refractivity contribution in [1.29, 1.82) is 0 Å². The summed E-state index contributed by atoms with van der Waals surface area (Å²) in [7, 11) is 1.65. The van der Waals surface area contributed by atoms with E-state index in [1.165, 1.54) is 11.1 Å². The molecule has 1 aromatic heterocycles. The third kappa shape index (κ3) is 4.40. The first kappa shape index (κ1) is 18.7. The fourth-order valence-corrected chi connectivity index (χ4v) is 3.49. The van der Waals surface area contributed by atoms with Crippen molar-refractivity contribution in [3.63, 3.8) is 0 Å². The molecule has 2 aromatic carbocycles. The Morgan fingerprint density at radius 3 is 2.25 bits per heavy atom. The summed E-state index contributed by atoms with van der Waals surface area (Å²) < 4.78 is 11.1. The smallest absolute Gasteiger partial charge is 0.247 e. The molecule has 3 aromatic rings. The van der Waals surface area contributed by atoms with E-state index in [2.05, 4.69) is 51.2 Å². The number of ether oxygens (including phenoxy) is 1. The quantitative estimate of drug-likeness (QED) is 0.656. The number of hydrogen-bond acceptors (Lipinski definition) is 6. The molecular weight excluding hydrogens is 352 g/mol. The molecule has 0 amide bonds. The van der Waals surface area contributed by atoms with Crippen LogP contribution in [0.3, 0.4) is 0 Å². The van der Waals surface area contributed by atoms with Gasteiger partial charge in [0.2, 0.25) is 11.8 Å². The zero-order valence-electron chi connectivity index (χ0n) is 16.5. The van der Waals surface area contributed by atoms with Gasteiger partial charge in [-0.25, -0.2) is 0 Å². The number of methoxy groups -OCH3 is 1. The van der Waals surface area contributed by atoms with E-state index < -0.39 is 0 Å². The van der Waals surface area contributed by atoms with Crippen molar-refractivity contribution in [1.82, 2.24) is 20.0 Å². The number of rotatable bonds is 6. The third-order valence-electron chi connectivity index (χ3n) is 5.28. The van der Waals surface area contributed by atoms with Gasteiger partial charge in [0.1, 0.15) is 5.75 Å². The summed E-state index contributed by atoms with van der Waals surface area (Å²) >= 11 is 0. The largest absolute Gasteiger partial charge is 0.497 e. The molecule has 1 aliphatic rings. The molecule has 0 aliphatic carbocycles. The van der Waals surface area contributed by atoms with Crippen molar-refractivity contribution in [2.24, 2.45) is 0 Å². The van der Waals surface area contributed by atoms with E-state index >= 15 is 0 Å². The maximum Gasteiger partial charge on any atom is 0.247 e. The normalized spacial score (nSPS) is 15.6. The maximum atomic E-state index is 5.87. The van der Waals surface area contributed by atoms with Gasteiger partial charge in [0.05, 0.1) is 13.7 Å². The third-order valence-corrected chi connectivity index (χ3v) is 5.28. The molecular formula is C22H26N4O2. The highest BCUT2D eigenvalue weighted by molar-refractivity contribution is 5.53. The lowest BCUT2D eigenvalue weighted by Crippen LogP contribution is -2.45. The summed E-state index contributed by atoms with van der Waals surface area (Å²) in [6.45, 7) is 8.01. The summed E-state index contributed by atoms with van der Waals surface area (Å²) in [5.74, 6) is 2.03. The molecule has 1 saturated heterocycles. The maximum absolute atomic E-state index is 5.87. The molecule has 2 heterocycles. The predicted octanol–water partition coefficient (Wildman–Crippen LogP) is 3.37. The van der Waals surface area contributed by atoms with Gasteiger partial charge in [-0.3, -0.25) is 9.80 Å². The van der Waals surface area contributed by atoms with Crippen molar-refractivity contribution in [3.8, 4) is 17.2 Å². The molecule has 1 aliphatic heterocycles. The highest BCUT2D eigenvalue weighted by atomic mass is 16.5. The summed E-state index contributed by atoms with van der Waals surface area (Å²) in [5, 5.41) is 8.42. The van der Waals surface area contributed by atoms with Gasteiger partial charge >= 0.3 is 0 Å². The Bertz CT molecular complexity index is 899. The Hall–Kier alpha value is -2.70. The lowest BCUT2D eigenvalue weighted by atomic mass is 10.1. The molecule has 6 nitrogen and oxygen atoms in total. The number of nitrogens with zero attached hydrogens (tertiary/aromatic N) is 4. The number of benzene rings is 2. The average molecular weight is 378 g/mol. The highest BCUT2D eigenvalue weighted by Crippen LogP contribution is 2.22. The van der Waals surface area contributed by atoms with Crippen LogP contribution in [-0.4, -0.2) is 53.3 Å². The molecule has 1 fully saturated rings. The summed E-state index contributed by atoms with van der Waals surface area (Å²) in [4.78, 5) is 4.88. The second kappa shape index (κ2) is 8.54. The van der Waals surface area contributed by atoms with E-state index in [4.69, 9.17) is 9.15 Å². The highest BCUT2D eigenvalue weighted by Gasteiger charge is 2.20. The van der Waals surface area contributed by atoms with Crippen molar-refractivity contribution in [2.45, 2.75) is 20.0 Å². The Labute approximate surface area is 165 Å². The molecule has 0 unspecified atom stereocenters. The molecule has 6 heteroatoms. The SMILES string of the molecule is COc1ccc(-c2nnc(CN3CCN(Cc4ccccc4C)CC3)o2)cc1. The number of aryl methyl sites for hydroxylation is 1. The van der Waals surface area contributed by atoms with Crippen molar-refractivity contribution in [2.75, 3.05) is 33.3 Å². The lowest BCUT2D eigenvalue weighted by molar-refractivity contribution is 0.114. The first-order valence-electron chi connectivity index (χ1n) is 9.67. The van der Waals surface area contributed by atoms with E-state index in [0.29, 0.717) is 18.3 Å². The van der Waals surface area contributed by atoms with E-state index in [9.17, 15) is 0 Å². The second-order valence-corrected chi connectivity index (χ2v) is 7.21. The second-order valence-electron chi connectivity index (χ2n) is 7.21. The Kier molecular flexibility index (Phi) is 5.69. The first-order valence-corrected chi connectivity index (χ1v) is 9.67. The Balaban J connectivity index is 1.30. The van der Waals surface area contributed by atoms with Crippen molar-refractivity contribution in [3.05, 3.63) is 65.5 Å². The molecule has 0 atom stereocenters. The minimum absolute atomic E-state index is 0.552. The van der Waals surface area contributed by atoms with Gasteiger partial charge in [0, 0.05) is 38.3 Å². The number of piperazine rings is 1. The molecule has 28 heavy (non-hydrogen) atoms. The fourth-order valence-electron chi connectivity index (χ4n) is 3.49. The molecule has 146 valence electrons. The van der Waals surface area contributed by atoms with Gasteiger partial charge < -0.3 is 9.15 Å². The lowest BCUT2D eigenvalue weighted by Gasteiger charge is -2.34. The van der Waals surface area contributed by atoms with Gasteiger partial charge in [-0.2, -0.15) is 0 Å². The van der Waals surface area contributed by atoms with Crippen LogP contribution >= 0.6 is 0 Å². The van der Waals surface area contributed by atoms with E-state index in [0.717, 1.165) is 44.0 Å². The monoisotopic (exact) mass is 378 g/mol. The summed E-state index contributed by atoms with van der Waals surface area (Å²) in [5.41, 5.74) is 3.68. The van der Waals surface area contributed by atoms with Crippen molar-refractivity contribution >= 4 is 0 Å². The van der Waals surface area contributed by atoms with Gasteiger partial charge in [0.15, 0.2) is 0 Å². The zero-order chi connectivity index (χ0) is 19.3. The molecule has 0 radical (unpaired) electrons. The van der Waals surface area contributed by atoms with Gasteiger partial charge in [-0.15, -0.1) is 10.2 Å². The van der Waals surface area contributed by atoms with Crippen LogP contribution in [0, 0.1) is 6.92 Å². The minimum Gasteiger partial charge on any atom is -0.497 e. The van der Waals surface area contributed by atoms with Crippen LogP contribution in [0.25, 0.3) is 11.5 Å². The predicted molar refractivity (Wildman–Crippen MR) is 108 cm³/mol. The standard InChI is InChI=1S/C22H26N4O2/c1-17-5-3-4-6-19(17)15-25-11-13-26(14-12-25)16-21-23-24-22(28-21)18-7-9-20(27-2)10-8-18/h3-10H,11-16H2,1-2H3. The molecule has 0 bridgehead atoms. The number of hydrogen-bond donors (Lipinski definition) is 0.